The molecule has 0 radical (unpaired) electrons. The van der Waals surface area contributed by atoms with Gasteiger partial charge < -0.3 is 0 Å². The minimum Gasteiger partial charge on any atom is -0.291 e. The van der Waals surface area contributed by atoms with Crippen LogP contribution in [-0.4, -0.2) is 12.0 Å². The molecule has 0 amide bonds. The molecule has 2 rings (SSSR count). The highest BCUT2D eigenvalue weighted by Crippen LogP contribution is 2.36. The number of Topliss-reactive ketones (excluding diaryl/α,β-unsaturated/α-hetero) is 1. The van der Waals surface area contributed by atoms with Crippen LogP contribution in [0.25, 0.3) is 0 Å². The Hall–Kier alpha value is -1.18. The summed E-state index contributed by atoms with van der Waals surface area (Å²) >= 11 is 0. The molecule has 1 aliphatic rings. The van der Waals surface area contributed by atoms with Gasteiger partial charge in [-0.3, -0.25) is 4.79 Å². The third kappa shape index (κ3) is 2.09. The van der Waals surface area contributed by atoms with Gasteiger partial charge in [0.05, 0.1) is 0 Å². The van der Waals surface area contributed by atoms with Gasteiger partial charge in [0.15, 0.2) is 12.0 Å². The van der Waals surface area contributed by atoms with Crippen LogP contribution in [0.2, 0.25) is 0 Å². The van der Waals surface area contributed by atoms with Gasteiger partial charge in [-0.15, -0.1) is 0 Å². The van der Waals surface area contributed by atoms with Gasteiger partial charge in [0.1, 0.15) is 0 Å². The van der Waals surface area contributed by atoms with E-state index in [2.05, 4.69) is 0 Å². The molecule has 80 valence electrons. The quantitative estimate of drug-likeness (QED) is 0.692. The molecule has 0 bridgehead atoms. The fourth-order valence-corrected chi connectivity index (χ4v) is 1.92. The molecule has 2 heteroatoms. The first-order chi connectivity index (χ1) is 7.18. The van der Waals surface area contributed by atoms with Crippen molar-refractivity contribution in [1.82, 2.24) is 0 Å². The number of ketones is 1. The average Bonchev–Trinajstić information content (AvgIpc) is 2.14. The molecule has 1 saturated carbocycles. The third-order valence-corrected chi connectivity index (χ3v) is 3.11. The second kappa shape index (κ2) is 4.13. The summed E-state index contributed by atoms with van der Waals surface area (Å²) in [5.74, 6) is 0.184. The summed E-state index contributed by atoms with van der Waals surface area (Å²) in [7, 11) is 0. The maximum Gasteiger partial charge on any atom is 0.196 e. The van der Waals surface area contributed by atoms with Crippen molar-refractivity contribution in [2.24, 2.45) is 0 Å². The van der Waals surface area contributed by atoms with E-state index in [0.717, 1.165) is 0 Å². The first kappa shape index (κ1) is 10.3. The van der Waals surface area contributed by atoms with Gasteiger partial charge >= 0.3 is 0 Å². The summed E-state index contributed by atoms with van der Waals surface area (Å²) in [6.07, 6.45) is 2.26. The molecule has 1 aliphatic carbocycles. The highest BCUT2D eigenvalue weighted by molar-refractivity contribution is 5.99. The molecule has 1 atom stereocenters. The second-order valence-electron chi connectivity index (χ2n) is 4.23. The Kier molecular flexibility index (Phi) is 2.85. The molecule has 0 N–H and O–H groups in total. The second-order valence-corrected chi connectivity index (χ2v) is 4.23. The normalized spacial score (nSPS) is 18.3. The van der Waals surface area contributed by atoms with Crippen molar-refractivity contribution in [2.75, 3.05) is 0 Å². The van der Waals surface area contributed by atoms with Gasteiger partial charge in [0.25, 0.3) is 0 Å². The average molecular weight is 206 g/mol. The van der Waals surface area contributed by atoms with Crippen LogP contribution in [0.15, 0.2) is 24.3 Å². The van der Waals surface area contributed by atoms with E-state index in [0.29, 0.717) is 11.5 Å². The van der Waals surface area contributed by atoms with Crippen LogP contribution in [0, 0.1) is 0 Å². The van der Waals surface area contributed by atoms with Crippen LogP contribution >= 0.6 is 0 Å². The van der Waals surface area contributed by atoms with Crippen molar-refractivity contribution in [3.05, 3.63) is 35.4 Å². The Labute approximate surface area is 89.3 Å². The molecular formula is C13H15FO. The van der Waals surface area contributed by atoms with Gasteiger partial charge in [-0.1, -0.05) is 24.6 Å². The molecule has 0 spiro atoms. The predicted molar refractivity (Wildman–Crippen MR) is 57.9 cm³/mol. The predicted octanol–water partition coefficient (Wildman–Crippen LogP) is 3.49. The Balaban J connectivity index is 2.22. The Bertz CT molecular complexity index is 367. The van der Waals surface area contributed by atoms with Crippen molar-refractivity contribution in [2.45, 2.75) is 38.3 Å². The van der Waals surface area contributed by atoms with Crippen LogP contribution in [0.1, 0.15) is 48.0 Å². The summed E-state index contributed by atoms with van der Waals surface area (Å²) in [6.45, 7) is 1.29. The van der Waals surface area contributed by atoms with Gasteiger partial charge in [-0.2, -0.15) is 0 Å². The lowest BCUT2D eigenvalue weighted by Crippen LogP contribution is -2.13. The maximum atomic E-state index is 12.9. The van der Waals surface area contributed by atoms with Gasteiger partial charge in [-0.25, -0.2) is 4.39 Å². The Morgan fingerprint density at radius 1 is 1.47 bits per heavy atom. The van der Waals surface area contributed by atoms with E-state index < -0.39 is 12.0 Å². The zero-order valence-corrected chi connectivity index (χ0v) is 8.87. The monoisotopic (exact) mass is 206 g/mol. The first-order valence-corrected chi connectivity index (χ1v) is 5.46. The fourth-order valence-electron chi connectivity index (χ4n) is 1.92. The van der Waals surface area contributed by atoms with Crippen molar-refractivity contribution in [1.29, 1.82) is 0 Å². The van der Waals surface area contributed by atoms with E-state index in [1.807, 2.05) is 18.2 Å². The lowest BCUT2D eigenvalue weighted by molar-refractivity contribution is 0.0892. The molecule has 1 aromatic rings. The van der Waals surface area contributed by atoms with Crippen LogP contribution in [0.5, 0.6) is 0 Å². The topological polar surface area (TPSA) is 17.1 Å². The van der Waals surface area contributed by atoms with E-state index in [1.54, 1.807) is 6.07 Å². The highest BCUT2D eigenvalue weighted by Gasteiger charge is 2.21. The molecule has 1 aromatic carbocycles. The van der Waals surface area contributed by atoms with Gasteiger partial charge in [-0.05, 0) is 37.3 Å². The molecule has 0 saturated heterocycles. The number of rotatable bonds is 3. The van der Waals surface area contributed by atoms with E-state index in [-0.39, 0.29) is 0 Å². The Morgan fingerprint density at radius 2 is 2.20 bits per heavy atom. The molecule has 1 fully saturated rings. The van der Waals surface area contributed by atoms with E-state index in [9.17, 15) is 9.18 Å². The summed E-state index contributed by atoms with van der Waals surface area (Å²) in [5, 5.41) is 0. The summed E-state index contributed by atoms with van der Waals surface area (Å²) in [5.41, 5.74) is 1.70. The fraction of sp³-hybridized carbons (Fsp3) is 0.462. The minimum absolute atomic E-state index is 0.406. The standard InChI is InChI=1S/C13H15FO/c1-9(14)13(15)12-7-3-6-11(8-12)10-4-2-5-10/h3,6-10H,2,4-5H2,1H3. The highest BCUT2D eigenvalue weighted by atomic mass is 19.1. The van der Waals surface area contributed by atoms with Crippen LogP contribution in [0.4, 0.5) is 4.39 Å². The van der Waals surface area contributed by atoms with Gasteiger partial charge in [0, 0.05) is 5.56 Å². The summed E-state index contributed by atoms with van der Waals surface area (Å²) in [6, 6.07) is 7.43. The van der Waals surface area contributed by atoms with E-state index >= 15 is 0 Å². The zero-order chi connectivity index (χ0) is 10.8. The lowest BCUT2D eigenvalue weighted by Gasteiger charge is -2.26. The number of halogens is 1. The Morgan fingerprint density at radius 3 is 2.73 bits per heavy atom. The smallest absolute Gasteiger partial charge is 0.196 e. The molecule has 1 unspecified atom stereocenters. The molecule has 0 aliphatic heterocycles. The first-order valence-electron chi connectivity index (χ1n) is 5.46. The van der Waals surface area contributed by atoms with Crippen molar-refractivity contribution >= 4 is 5.78 Å². The minimum atomic E-state index is -1.40. The molecule has 0 aromatic heterocycles. The number of carbonyl (C=O) groups is 1. The van der Waals surface area contributed by atoms with Crippen LogP contribution in [0.3, 0.4) is 0 Å². The number of benzene rings is 1. The summed E-state index contributed by atoms with van der Waals surface area (Å²) < 4.78 is 12.9. The molecular weight excluding hydrogens is 191 g/mol. The van der Waals surface area contributed by atoms with E-state index in [4.69, 9.17) is 0 Å². The van der Waals surface area contributed by atoms with Crippen molar-refractivity contribution in [3.63, 3.8) is 0 Å². The number of hydrogen-bond donors (Lipinski definition) is 0. The maximum absolute atomic E-state index is 12.9. The lowest BCUT2D eigenvalue weighted by atomic mass is 9.79. The number of alkyl halides is 1. The largest absolute Gasteiger partial charge is 0.291 e. The van der Waals surface area contributed by atoms with Gasteiger partial charge in [0.2, 0.25) is 0 Å². The van der Waals surface area contributed by atoms with E-state index in [1.165, 1.54) is 31.7 Å². The van der Waals surface area contributed by atoms with Crippen molar-refractivity contribution in [3.8, 4) is 0 Å². The van der Waals surface area contributed by atoms with Crippen LogP contribution < -0.4 is 0 Å². The summed E-state index contributed by atoms with van der Waals surface area (Å²) in [4.78, 5) is 11.5. The molecule has 15 heavy (non-hydrogen) atoms. The van der Waals surface area contributed by atoms with Crippen molar-refractivity contribution < 1.29 is 9.18 Å². The number of carbonyl (C=O) groups excluding carboxylic acids is 1. The zero-order valence-electron chi connectivity index (χ0n) is 8.87. The third-order valence-electron chi connectivity index (χ3n) is 3.11. The molecule has 0 heterocycles. The molecule has 1 nitrogen and oxygen atoms in total. The van der Waals surface area contributed by atoms with Crippen LogP contribution in [-0.2, 0) is 0 Å². The SMILES string of the molecule is CC(F)C(=O)c1cccc(C2CCC2)c1. The number of hydrogen-bond acceptors (Lipinski definition) is 1.